The second-order valence-electron chi connectivity index (χ2n) is 7.45. The topological polar surface area (TPSA) is 96.2 Å². The lowest BCUT2D eigenvalue weighted by molar-refractivity contribution is 0.0994. The lowest BCUT2D eigenvalue weighted by atomic mass is 10.2. The quantitative estimate of drug-likeness (QED) is 0.808. The maximum Gasteiger partial charge on any atom is 0.269 e. The first kappa shape index (κ1) is 18.4. The molecule has 2 aromatic rings. The van der Waals surface area contributed by atoms with Gasteiger partial charge in [-0.2, -0.15) is 5.10 Å². The molecule has 0 saturated carbocycles. The zero-order valence-corrected chi connectivity index (χ0v) is 16.2. The van der Waals surface area contributed by atoms with Gasteiger partial charge in [0, 0.05) is 6.20 Å². The van der Waals surface area contributed by atoms with Gasteiger partial charge in [0.25, 0.3) is 5.91 Å². The third-order valence-electron chi connectivity index (χ3n) is 4.41. The number of nitrogens with two attached hydrogens (primary N) is 1. The molecule has 0 aliphatic rings. The fraction of sp³-hybridized carbons (Fsp3) is 0.562. The highest BCUT2D eigenvalue weighted by molar-refractivity contribution is 6.74. The smallest absolute Gasteiger partial charge is 0.269 e. The lowest BCUT2D eigenvalue weighted by Gasteiger charge is -2.37. The van der Waals surface area contributed by atoms with E-state index in [-0.39, 0.29) is 16.8 Å². The standard InChI is InChI=1S/C16H26N4O3Si/c1-11(23-24(5,6)16(2,3)4)15-18-9-12(22-15)10-20-8-7-13(19-20)14(17)21/h7-9,11H,10H2,1-6H3,(H2,17,21). The molecule has 0 aliphatic carbocycles. The number of carbonyl (C=O) groups excluding carboxylic acids is 1. The molecule has 0 radical (unpaired) electrons. The van der Waals surface area contributed by atoms with Crippen LogP contribution in [0.25, 0.3) is 0 Å². The zero-order chi connectivity index (χ0) is 18.1. The van der Waals surface area contributed by atoms with Crippen LogP contribution in [0.1, 0.15) is 55.9 Å². The van der Waals surface area contributed by atoms with Crippen LogP contribution in [0.2, 0.25) is 18.1 Å². The summed E-state index contributed by atoms with van der Waals surface area (Å²) in [6.45, 7) is 13.3. The average molecular weight is 350 g/mol. The average Bonchev–Trinajstić information content (AvgIpc) is 3.06. The van der Waals surface area contributed by atoms with E-state index in [9.17, 15) is 4.79 Å². The third kappa shape index (κ3) is 4.12. The van der Waals surface area contributed by atoms with Gasteiger partial charge in [-0.25, -0.2) is 4.98 Å². The van der Waals surface area contributed by atoms with E-state index in [2.05, 4.69) is 43.9 Å². The molecule has 0 spiro atoms. The molecule has 132 valence electrons. The van der Waals surface area contributed by atoms with Crippen LogP contribution in [-0.4, -0.2) is 29.0 Å². The molecule has 1 atom stereocenters. The molecule has 8 heteroatoms. The van der Waals surface area contributed by atoms with Crippen LogP contribution in [0.3, 0.4) is 0 Å². The SMILES string of the molecule is CC(O[Si](C)(C)C(C)(C)C)c1ncc(Cn2ccc(C(N)=O)n2)o1. The predicted molar refractivity (Wildman–Crippen MR) is 93.0 cm³/mol. The molecule has 0 aliphatic heterocycles. The molecule has 2 rings (SSSR count). The summed E-state index contributed by atoms with van der Waals surface area (Å²) in [6, 6.07) is 1.57. The molecular weight excluding hydrogens is 324 g/mol. The summed E-state index contributed by atoms with van der Waals surface area (Å²) < 4.78 is 13.7. The van der Waals surface area contributed by atoms with Gasteiger partial charge in [0.05, 0.1) is 6.20 Å². The first-order chi connectivity index (χ1) is 11.0. The number of hydrogen-bond donors (Lipinski definition) is 1. The highest BCUT2D eigenvalue weighted by Crippen LogP contribution is 2.39. The Hall–Kier alpha value is -1.93. The summed E-state index contributed by atoms with van der Waals surface area (Å²) in [6.07, 6.45) is 3.13. The second kappa shape index (κ2) is 6.52. The van der Waals surface area contributed by atoms with E-state index in [0.717, 1.165) is 0 Å². The van der Waals surface area contributed by atoms with E-state index in [1.165, 1.54) is 0 Å². The minimum absolute atomic E-state index is 0.122. The van der Waals surface area contributed by atoms with Crippen molar-refractivity contribution < 1.29 is 13.6 Å². The van der Waals surface area contributed by atoms with Crippen molar-refractivity contribution in [3.8, 4) is 0 Å². The summed E-state index contributed by atoms with van der Waals surface area (Å²) in [4.78, 5) is 15.4. The van der Waals surface area contributed by atoms with Gasteiger partial charge in [0.2, 0.25) is 5.89 Å². The Morgan fingerprint density at radius 3 is 2.67 bits per heavy atom. The monoisotopic (exact) mass is 350 g/mol. The molecule has 7 nitrogen and oxygen atoms in total. The van der Waals surface area contributed by atoms with Crippen LogP contribution < -0.4 is 5.73 Å². The fourth-order valence-corrected chi connectivity index (χ4v) is 3.33. The first-order valence-corrected chi connectivity index (χ1v) is 10.9. The molecule has 0 bridgehead atoms. The molecule has 2 aromatic heterocycles. The zero-order valence-electron chi connectivity index (χ0n) is 15.2. The Morgan fingerprint density at radius 2 is 2.12 bits per heavy atom. The van der Waals surface area contributed by atoms with Crippen LogP contribution in [0, 0.1) is 0 Å². The van der Waals surface area contributed by atoms with Crippen molar-refractivity contribution in [2.45, 2.75) is 58.5 Å². The lowest BCUT2D eigenvalue weighted by Crippen LogP contribution is -2.41. The van der Waals surface area contributed by atoms with Crippen molar-refractivity contribution in [1.82, 2.24) is 14.8 Å². The first-order valence-electron chi connectivity index (χ1n) is 7.95. The van der Waals surface area contributed by atoms with Gasteiger partial charge < -0.3 is 14.6 Å². The predicted octanol–water partition coefficient (Wildman–Crippen LogP) is 3.10. The van der Waals surface area contributed by atoms with Gasteiger partial charge in [-0.15, -0.1) is 0 Å². The van der Waals surface area contributed by atoms with Crippen molar-refractivity contribution in [3.05, 3.63) is 35.8 Å². The van der Waals surface area contributed by atoms with Crippen LogP contribution in [0.4, 0.5) is 0 Å². The summed E-state index contributed by atoms with van der Waals surface area (Å²) in [5, 5.41) is 4.20. The minimum atomic E-state index is -1.89. The van der Waals surface area contributed by atoms with Gasteiger partial charge in [-0.05, 0) is 31.1 Å². The molecule has 1 unspecified atom stereocenters. The van der Waals surface area contributed by atoms with Gasteiger partial charge in [-0.3, -0.25) is 9.48 Å². The molecule has 24 heavy (non-hydrogen) atoms. The number of amides is 1. The molecule has 0 fully saturated rings. The van der Waals surface area contributed by atoms with Gasteiger partial charge >= 0.3 is 0 Å². The van der Waals surface area contributed by atoms with Crippen molar-refractivity contribution in [1.29, 1.82) is 0 Å². The van der Waals surface area contributed by atoms with Gasteiger partial charge in [-0.1, -0.05) is 20.8 Å². The number of carbonyl (C=O) groups is 1. The Balaban J connectivity index is 2.05. The number of primary amides is 1. The summed E-state index contributed by atoms with van der Waals surface area (Å²) in [7, 11) is -1.89. The number of nitrogens with zero attached hydrogens (tertiary/aromatic N) is 3. The van der Waals surface area contributed by atoms with Crippen molar-refractivity contribution >= 4 is 14.2 Å². The molecular formula is C16H26N4O3Si. The maximum absolute atomic E-state index is 11.1. The van der Waals surface area contributed by atoms with Crippen molar-refractivity contribution in [2.24, 2.45) is 5.73 Å². The highest BCUT2D eigenvalue weighted by Gasteiger charge is 2.39. The Morgan fingerprint density at radius 1 is 1.46 bits per heavy atom. The molecule has 1 amide bonds. The highest BCUT2D eigenvalue weighted by atomic mass is 28.4. The summed E-state index contributed by atoms with van der Waals surface area (Å²) in [5.41, 5.74) is 5.42. The number of rotatable bonds is 6. The van der Waals surface area contributed by atoms with Crippen LogP contribution >= 0.6 is 0 Å². The van der Waals surface area contributed by atoms with E-state index in [1.807, 2.05) is 6.92 Å². The van der Waals surface area contributed by atoms with Crippen molar-refractivity contribution in [3.63, 3.8) is 0 Å². The van der Waals surface area contributed by atoms with E-state index in [0.29, 0.717) is 18.2 Å². The van der Waals surface area contributed by atoms with Crippen molar-refractivity contribution in [2.75, 3.05) is 0 Å². The van der Waals surface area contributed by atoms with E-state index in [1.54, 1.807) is 23.1 Å². The van der Waals surface area contributed by atoms with Crippen LogP contribution in [0.15, 0.2) is 22.9 Å². The number of hydrogen-bond acceptors (Lipinski definition) is 5. The van der Waals surface area contributed by atoms with Crippen LogP contribution in [0.5, 0.6) is 0 Å². The largest absolute Gasteiger partial charge is 0.441 e. The van der Waals surface area contributed by atoms with Crippen LogP contribution in [-0.2, 0) is 11.0 Å². The molecule has 0 aromatic carbocycles. The van der Waals surface area contributed by atoms with E-state index >= 15 is 0 Å². The Labute approximate surface area is 143 Å². The minimum Gasteiger partial charge on any atom is -0.441 e. The second-order valence-corrected chi connectivity index (χ2v) is 12.2. The van der Waals surface area contributed by atoms with E-state index < -0.39 is 14.2 Å². The Bertz CT molecular complexity index is 715. The summed E-state index contributed by atoms with van der Waals surface area (Å²) >= 11 is 0. The number of oxazole rings is 1. The normalized spacial score (nSPS) is 13.9. The van der Waals surface area contributed by atoms with Gasteiger partial charge in [0.15, 0.2) is 8.32 Å². The van der Waals surface area contributed by atoms with E-state index in [4.69, 9.17) is 14.6 Å². The maximum atomic E-state index is 11.1. The fourth-order valence-electron chi connectivity index (χ4n) is 1.99. The molecule has 2 heterocycles. The Kier molecular flexibility index (Phi) is 5.00. The third-order valence-corrected chi connectivity index (χ3v) is 8.96. The van der Waals surface area contributed by atoms with Gasteiger partial charge in [0.1, 0.15) is 24.1 Å². The molecule has 0 saturated heterocycles. The number of aromatic nitrogens is 3. The summed E-state index contributed by atoms with van der Waals surface area (Å²) in [5.74, 6) is 0.648. The molecule has 2 N–H and O–H groups in total.